The Morgan fingerprint density at radius 1 is 1.10 bits per heavy atom. The molecule has 1 aliphatic rings. The van der Waals surface area contributed by atoms with E-state index in [0.29, 0.717) is 12.2 Å². The Kier molecular flexibility index (Phi) is 6.37. The first-order chi connectivity index (χ1) is 14.7. The standard InChI is InChI=1S/C20H22N2O8S/c1-29-17-8-6-13(11-18(17)30-2)31(27,28)22-9-3-4-15(22)19(24)21-14-10-12(20(25)26)5-7-16(14)23/h5-8,10-11,15,23H,3-4,9H2,1-2H3,(H,21,24)(H,25,26). The van der Waals surface area contributed by atoms with Gasteiger partial charge in [0, 0.05) is 12.6 Å². The number of rotatable bonds is 7. The Labute approximate surface area is 179 Å². The second-order valence-corrected chi connectivity index (χ2v) is 8.71. The number of hydrogen-bond donors (Lipinski definition) is 3. The lowest BCUT2D eigenvalue weighted by molar-refractivity contribution is -0.119. The number of carbonyl (C=O) groups is 2. The molecule has 1 saturated heterocycles. The van der Waals surface area contributed by atoms with Crippen LogP contribution >= 0.6 is 0 Å². The number of anilines is 1. The molecular weight excluding hydrogens is 428 g/mol. The number of amides is 1. The number of phenolic OH excluding ortho intramolecular Hbond substituents is 1. The van der Waals surface area contributed by atoms with Gasteiger partial charge in [-0.2, -0.15) is 4.31 Å². The SMILES string of the molecule is COc1ccc(S(=O)(=O)N2CCCC2C(=O)Nc2cc(C(=O)O)ccc2O)cc1OC. The molecule has 10 nitrogen and oxygen atoms in total. The average Bonchev–Trinajstić information content (AvgIpc) is 3.25. The fourth-order valence-electron chi connectivity index (χ4n) is 3.39. The van der Waals surface area contributed by atoms with Gasteiger partial charge in [-0.3, -0.25) is 4.79 Å². The minimum atomic E-state index is -4.03. The number of sulfonamides is 1. The molecule has 0 radical (unpaired) electrons. The highest BCUT2D eigenvalue weighted by Crippen LogP contribution is 2.33. The summed E-state index contributed by atoms with van der Waals surface area (Å²) in [6.45, 7) is 0.135. The monoisotopic (exact) mass is 450 g/mol. The molecule has 1 amide bonds. The molecule has 1 unspecified atom stereocenters. The van der Waals surface area contributed by atoms with E-state index in [1.165, 1.54) is 38.5 Å². The van der Waals surface area contributed by atoms with Gasteiger partial charge in [0.25, 0.3) is 0 Å². The third-order valence-corrected chi connectivity index (χ3v) is 6.87. The van der Waals surface area contributed by atoms with Crippen molar-refractivity contribution in [3.63, 3.8) is 0 Å². The van der Waals surface area contributed by atoms with E-state index in [4.69, 9.17) is 14.6 Å². The molecule has 3 rings (SSSR count). The van der Waals surface area contributed by atoms with Gasteiger partial charge in [0.05, 0.1) is 30.4 Å². The van der Waals surface area contributed by atoms with E-state index in [-0.39, 0.29) is 40.6 Å². The number of aromatic hydroxyl groups is 1. The lowest BCUT2D eigenvalue weighted by Crippen LogP contribution is -2.43. The topological polar surface area (TPSA) is 142 Å². The van der Waals surface area contributed by atoms with Gasteiger partial charge in [0.15, 0.2) is 11.5 Å². The first kappa shape index (κ1) is 22.4. The number of phenols is 1. The van der Waals surface area contributed by atoms with E-state index in [0.717, 1.165) is 16.4 Å². The van der Waals surface area contributed by atoms with Crippen molar-refractivity contribution < 1.29 is 37.7 Å². The molecule has 0 spiro atoms. The Morgan fingerprint density at radius 3 is 2.45 bits per heavy atom. The van der Waals surface area contributed by atoms with Gasteiger partial charge in [-0.05, 0) is 43.2 Å². The fraction of sp³-hybridized carbons (Fsp3) is 0.300. The van der Waals surface area contributed by atoms with E-state index >= 15 is 0 Å². The molecule has 3 N–H and O–H groups in total. The van der Waals surface area contributed by atoms with Gasteiger partial charge in [0.2, 0.25) is 15.9 Å². The molecule has 1 aliphatic heterocycles. The summed E-state index contributed by atoms with van der Waals surface area (Å²) < 4.78 is 37.8. The second kappa shape index (κ2) is 8.82. The van der Waals surface area contributed by atoms with E-state index in [1.54, 1.807) is 0 Å². The highest BCUT2D eigenvalue weighted by molar-refractivity contribution is 7.89. The highest BCUT2D eigenvalue weighted by atomic mass is 32.2. The number of nitrogens with one attached hydrogen (secondary N) is 1. The van der Waals surface area contributed by atoms with Crippen LogP contribution in [0.4, 0.5) is 5.69 Å². The summed E-state index contributed by atoms with van der Waals surface area (Å²) in [6, 6.07) is 6.58. The van der Waals surface area contributed by atoms with Crippen molar-refractivity contribution in [1.82, 2.24) is 4.31 Å². The zero-order valence-corrected chi connectivity index (χ0v) is 17.7. The highest BCUT2D eigenvalue weighted by Gasteiger charge is 2.40. The first-order valence-electron chi connectivity index (χ1n) is 9.30. The molecule has 0 saturated carbocycles. The van der Waals surface area contributed by atoms with Crippen molar-refractivity contribution in [3.8, 4) is 17.2 Å². The minimum absolute atomic E-state index is 0.0550. The van der Waals surface area contributed by atoms with Crippen LogP contribution in [0.1, 0.15) is 23.2 Å². The molecule has 11 heteroatoms. The van der Waals surface area contributed by atoms with Crippen molar-refractivity contribution in [2.45, 2.75) is 23.8 Å². The smallest absolute Gasteiger partial charge is 0.335 e. The van der Waals surface area contributed by atoms with Crippen molar-refractivity contribution in [1.29, 1.82) is 0 Å². The van der Waals surface area contributed by atoms with Crippen molar-refractivity contribution >= 4 is 27.6 Å². The molecule has 2 aromatic carbocycles. The lowest BCUT2D eigenvalue weighted by Gasteiger charge is -2.24. The first-order valence-corrected chi connectivity index (χ1v) is 10.7. The number of ether oxygens (including phenoxy) is 2. The summed E-state index contributed by atoms with van der Waals surface area (Å²) >= 11 is 0. The normalized spacial score (nSPS) is 16.6. The van der Waals surface area contributed by atoms with Crippen LogP contribution in [0.5, 0.6) is 17.2 Å². The number of benzene rings is 2. The Morgan fingerprint density at radius 2 is 1.81 bits per heavy atom. The van der Waals surface area contributed by atoms with E-state index in [9.17, 15) is 23.1 Å². The number of carboxylic acids is 1. The van der Waals surface area contributed by atoms with E-state index in [1.807, 2.05) is 0 Å². The molecular formula is C20H22N2O8S. The van der Waals surface area contributed by atoms with Gasteiger partial charge in [-0.25, -0.2) is 13.2 Å². The van der Waals surface area contributed by atoms with Crippen molar-refractivity contribution in [2.24, 2.45) is 0 Å². The lowest BCUT2D eigenvalue weighted by atomic mass is 10.1. The number of carboxylic acid groups (broad SMARTS) is 1. The van der Waals surface area contributed by atoms with Crippen LogP contribution in [-0.2, 0) is 14.8 Å². The van der Waals surface area contributed by atoms with Gasteiger partial charge in [-0.1, -0.05) is 0 Å². The minimum Gasteiger partial charge on any atom is -0.506 e. The maximum Gasteiger partial charge on any atom is 0.335 e. The van der Waals surface area contributed by atoms with Crippen LogP contribution in [0.25, 0.3) is 0 Å². The summed E-state index contributed by atoms with van der Waals surface area (Å²) in [7, 11) is -1.21. The van der Waals surface area contributed by atoms with Gasteiger partial charge in [-0.15, -0.1) is 0 Å². The van der Waals surface area contributed by atoms with Crippen LogP contribution in [0, 0.1) is 0 Å². The van der Waals surface area contributed by atoms with Crippen molar-refractivity contribution in [3.05, 3.63) is 42.0 Å². The zero-order chi connectivity index (χ0) is 22.8. The largest absolute Gasteiger partial charge is 0.506 e. The predicted octanol–water partition coefficient (Wildman–Crippen LogP) is 1.90. The van der Waals surface area contributed by atoms with Gasteiger partial charge >= 0.3 is 5.97 Å². The molecule has 0 aliphatic carbocycles. The average molecular weight is 450 g/mol. The van der Waals surface area contributed by atoms with Crippen LogP contribution in [0.15, 0.2) is 41.3 Å². The van der Waals surface area contributed by atoms with Crippen LogP contribution in [0.3, 0.4) is 0 Å². The van der Waals surface area contributed by atoms with Gasteiger partial charge < -0.3 is 25.0 Å². The molecule has 166 valence electrons. The summed E-state index contributed by atoms with van der Waals surface area (Å²) in [5, 5.41) is 21.5. The van der Waals surface area contributed by atoms with Crippen molar-refractivity contribution in [2.75, 3.05) is 26.1 Å². The van der Waals surface area contributed by atoms with E-state index in [2.05, 4.69) is 5.32 Å². The second-order valence-electron chi connectivity index (χ2n) is 6.82. The molecule has 0 bridgehead atoms. The third-order valence-electron chi connectivity index (χ3n) is 4.97. The number of methoxy groups -OCH3 is 2. The Balaban J connectivity index is 1.88. The fourth-order valence-corrected chi connectivity index (χ4v) is 5.06. The molecule has 1 fully saturated rings. The zero-order valence-electron chi connectivity index (χ0n) is 16.9. The number of carbonyl (C=O) groups excluding carboxylic acids is 1. The maximum absolute atomic E-state index is 13.2. The quantitative estimate of drug-likeness (QED) is 0.543. The summed E-state index contributed by atoms with van der Waals surface area (Å²) in [5.41, 5.74) is -0.241. The predicted molar refractivity (Wildman–Crippen MR) is 110 cm³/mol. The molecule has 0 aromatic heterocycles. The number of nitrogens with zero attached hydrogens (tertiary/aromatic N) is 1. The maximum atomic E-state index is 13.2. The summed E-state index contributed by atoms with van der Waals surface area (Å²) in [4.78, 5) is 23.9. The molecule has 1 heterocycles. The molecule has 1 atom stereocenters. The molecule has 2 aromatic rings. The number of aromatic carboxylic acids is 1. The van der Waals surface area contributed by atoms with E-state index < -0.39 is 27.9 Å². The Hall–Kier alpha value is -3.31. The van der Waals surface area contributed by atoms with Crippen LogP contribution in [-0.4, -0.2) is 61.6 Å². The van der Waals surface area contributed by atoms with Crippen LogP contribution < -0.4 is 14.8 Å². The third kappa shape index (κ3) is 4.42. The summed E-state index contributed by atoms with van der Waals surface area (Å²) in [5.74, 6) is -1.62. The van der Waals surface area contributed by atoms with Crippen LogP contribution in [0.2, 0.25) is 0 Å². The molecule has 31 heavy (non-hydrogen) atoms. The Bertz CT molecular complexity index is 1120. The summed E-state index contributed by atoms with van der Waals surface area (Å²) in [6.07, 6.45) is 0.740. The number of hydrogen-bond acceptors (Lipinski definition) is 7. The van der Waals surface area contributed by atoms with Gasteiger partial charge in [0.1, 0.15) is 11.8 Å².